The van der Waals surface area contributed by atoms with Crippen LogP contribution in [0.25, 0.3) is 0 Å². The molecule has 0 aromatic heterocycles. The summed E-state index contributed by atoms with van der Waals surface area (Å²) in [5.41, 5.74) is -2.78. The fraction of sp³-hybridized carbons (Fsp3) is 1.00. The van der Waals surface area contributed by atoms with Crippen molar-refractivity contribution in [3.05, 3.63) is 0 Å². The maximum Gasteiger partial charge on any atom is 1.00 e. The van der Waals surface area contributed by atoms with Crippen molar-refractivity contribution in [3.63, 3.8) is 0 Å². The maximum absolute atomic E-state index is 10.4. The first-order valence-electron chi connectivity index (χ1n) is 2.31. The molecule has 2 atom stereocenters. The molecule has 68 valence electrons. The summed E-state index contributed by atoms with van der Waals surface area (Å²) in [6.45, 7) is 0. The van der Waals surface area contributed by atoms with E-state index >= 15 is 0 Å². The van der Waals surface area contributed by atoms with Crippen molar-refractivity contribution < 1.29 is 63.0 Å². The van der Waals surface area contributed by atoms with Gasteiger partial charge in [-0.05, 0) is 0 Å². The molecule has 0 saturated carbocycles. The molecule has 0 spiro atoms. The molecule has 0 amide bonds. The number of rotatable bonds is 3. The van der Waals surface area contributed by atoms with E-state index in [-0.39, 0.29) is 29.6 Å². The van der Waals surface area contributed by atoms with Crippen LogP contribution in [-0.4, -0.2) is 27.6 Å². The van der Waals surface area contributed by atoms with Gasteiger partial charge in [-0.1, -0.05) is 0 Å². The van der Waals surface area contributed by atoms with E-state index in [2.05, 4.69) is 4.52 Å². The minimum atomic E-state index is -5.04. The molecule has 7 nitrogen and oxygen atoms in total. The van der Waals surface area contributed by atoms with Crippen molar-refractivity contribution in [2.75, 3.05) is 7.11 Å². The molecule has 0 fully saturated rings. The van der Waals surface area contributed by atoms with Gasteiger partial charge in [-0.2, -0.15) is 0 Å². The van der Waals surface area contributed by atoms with Crippen LogP contribution in [0.15, 0.2) is 0 Å². The largest absolute Gasteiger partial charge is 1.00 e. The Hall–Kier alpha value is 1.26. The summed E-state index contributed by atoms with van der Waals surface area (Å²) in [7, 11) is -9.18. The molecule has 0 aromatic rings. The van der Waals surface area contributed by atoms with Gasteiger partial charge in [0.15, 0.2) is 7.60 Å². The zero-order valence-electron chi connectivity index (χ0n) is 6.45. The summed E-state index contributed by atoms with van der Waals surface area (Å²) < 4.78 is 24.2. The summed E-state index contributed by atoms with van der Waals surface area (Å²) in [5.74, 6) is 0. The zero-order valence-corrected chi connectivity index (χ0v) is 10.2. The number of aliphatic hydroxyl groups is 1. The SMILES string of the molecule is COP(=O)([O-])C(O)P(=O)(O)O.[Na+]. The second-order valence-corrected chi connectivity index (χ2v) is 5.67. The van der Waals surface area contributed by atoms with Crippen LogP contribution in [0.1, 0.15) is 0 Å². The van der Waals surface area contributed by atoms with Gasteiger partial charge in [-0.3, -0.25) is 4.57 Å². The Morgan fingerprint density at radius 3 is 1.83 bits per heavy atom. The zero-order chi connectivity index (χ0) is 9.28. The van der Waals surface area contributed by atoms with Crippen molar-refractivity contribution in [2.45, 2.75) is 5.59 Å². The first-order valence-corrected chi connectivity index (χ1v) is 5.61. The Bertz CT molecular complexity index is 221. The molecule has 0 heterocycles. The molecule has 0 bridgehead atoms. The first kappa shape index (κ1) is 15.7. The average Bonchev–Trinajstić information content (AvgIpc) is 1.84. The monoisotopic (exact) mass is 228 g/mol. The Morgan fingerprint density at radius 2 is 1.75 bits per heavy atom. The van der Waals surface area contributed by atoms with E-state index in [1.54, 1.807) is 0 Å². The minimum Gasteiger partial charge on any atom is -0.776 e. The molecule has 10 heteroatoms. The molecule has 0 aromatic carbocycles. The summed E-state index contributed by atoms with van der Waals surface area (Å²) in [4.78, 5) is 26.7. The topological polar surface area (TPSA) is 127 Å². The van der Waals surface area contributed by atoms with Gasteiger partial charge in [-0.15, -0.1) is 0 Å². The van der Waals surface area contributed by atoms with Crippen LogP contribution in [0.2, 0.25) is 0 Å². The van der Waals surface area contributed by atoms with Crippen LogP contribution in [0, 0.1) is 0 Å². The van der Waals surface area contributed by atoms with Crippen molar-refractivity contribution in [3.8, 4) is 0 Å². The number of aliphatic hydroxyl groups excluding tert-OH is 1. The van der Waals surface area contributed by atoms with Gasteiger partial charge in [0.2, 0.25) is 5.59 Å². The predicted octanol–water partition coefficient (Wildman–Crippen LogP) is -4.36. The molecule has 0 aliphatic carbocycles. The van der Waals surface area contributed by atoms with Gasteiger partial charge in [0.1, 0.15) is 0 Å². The van der Waals surface area contributed by atoms with E-state index in [4.69, 9.17) is 14.9 Å². The van der Waals surface area contributed by atoms with Crippen molar-refractivity contribution in [1.29, 1.82) is 0 Å². The van der Waals surface area contributed by atoms with E-state index in [0.29, 0.717) is 7.11 Å². The maximum atomic E-state index is 10.4. The molecule has 2 unspecified atom stereocenters. The Kier molecular flexibility index (Phi) is 6.84. The summed E-state index contributed by atoms with van der Waals surface area (Å²) in [6, 6.07) is 0. The Labute approximate surface area is 90.7 Å². The number of hydrogen-bond acceptors (Lipinski definition) is 5. The normalized spacial score (nSPS) is 19.1. The van der Waals surface area contributed by atoms with Crippen LogP contribution in [-0.2, 0) is 13.7 Å². The Balaban J connectivity index is 0. The van der Waals surface area contributed by atoms with Crippen molar-refractivity contribution in [2.24, 2.45) is 0 Å². The third kappa shape index (κ3) is 4.48. The third-order valence-electron chi connectivity index (χ3n) is 0.838. The van der Waals surface area contributed by atoms with Gasteiger partial charge in [0, 0.05) is 7.11 Å². The predicted molar refractivity (Wildman–Crippen MR) is 32.7 cm³/mol. The smallest absolute Gasteiger partial charge is 0.776 e. The minimum absolute atomic E-state index is 0. The molecule has 0 radical (unpaired) electrons. The van der Waals surface area contributed by atoms with Gasteiger partial charge in [-0.25, -0.2) is 0 Å². The third-order valence-corrected chi connectivity index (χ3v) is 4.27. The van der Waals surface area contributed by atoms with Crippen LogP contribution in [0.3, 0.4) is 0 Å². The van der Waals surface area contributed by atoms with Gasteiger partial charge in [0.05, 0.1) is 0 Å². The summed E-state index contributed by atoms with van der Waals surface area (Å²) >= 11 is 0. The molecule has 12 heavy (non-hydrogen) atoms. The van der Waals surface area contributed by atoms with Crippen LogP contribution in [0.4, 0.5) is 0 Å². The molecule has 0 saturated heterocycles. The standard InChI is InChI=1S/C2H8O7P2.Na/c1-9-11(7,8)2(3)10(4,5)6;/h2-3H,1H3,(H,7,8)(H2,4,5,6);/q;+1/p-1. The van der Waals surface area contributed by atoms with E-state index < -0.39 is 20.8 Å². The molecule has 3 N–H and O–H groups in total. The molecule has 0 aliphatic rings. The summed E-state index contributed by atoms with van der Waals surface area (Å²) in [5, 5.41) is 8.45. The van der Waals surface area contributed by atoms with Crippen LogP contribution in [0.5, 0.6) is 0 Å². The van der Waals surface area contributed by atoms with Crippen molar-refractivity contribution in [1.82, 2.24) is 0 Å². The van der Waals surface area contributed by atoms with E-state index in [0.717, 1.165) is 0 Å². The quantitative estimate of drug-likeness (QED) is 0.329. The summed E-state index contributed by atoms with van der Waals surface area (Å²) in [6.07, 6.45) is 0. The van der Waals surface area contributed by atoms with E-state index in [1.165, 1.54) is 0 Å². The van der Waals surface area contributed by atoms with Gasteiger partial charge < -0.3 is 28.9 Å². The van der Waals surface area contributed by atoms with Crippen LogP contribution >= 0.6 is 15.2 Å². The molecular weight excluding hydrogens is 221 g/mol. The second kappa shape index (κ2) is 5.22. The van der Waals surface area contributed by atoms with E-state index in [9.17, 15) is 14.0 Å². The van der Waals surface area contributed by atoms with Crippen LogP contribution < -0.4 is 34.5 Å². The first-order chi connectivity index (χ1) is 4.72. The van der Waals surface area contributed by atoms with Gasteiger partial charge >= 0.3 is 37.2 Å². The fourth-order valence-electron chi connectivity index (χ4n) is 0.279. The second-order valence-electron chi connectivity index (χ2n) is 1.66. The molecule has 0 rings (SSSR count). The van der Waals surface area contributed by atoms with Crippen molar-refractivity contribution >= 4 is 15.2 Å². The average molecular weight is 228 g/mol. The van der Waals surface area contributed by atoms with Gasteiger partial charge in [0.25, 0.3) is 0 Å². The van der Waals surface area contributed by atoms with E-state index in [1.807, 2.05) is 0 Å². The molecule has 0 aliphatic heterocycles. The number of hydrogen-bond donors (Lipinski definition) is 3. The molecular formula is C2H7NaO7P2. The Morgan fingerprint density at radius 1 is 1.42 bits per heavy atom. The fourth-order valence-corrected chi connectivity index (χ4v) is 2.22.